The highest BCUT2D eigenvalue weighted by Crippen LogP contribution is 2.39. The first-order chi connectivity index (χ1) is 17.8. The molecule has 0 bridgehead atoms. The molecule has 0 fully saturated rings. The molecule has 3 aromatic rings. The van der Waals surface area contributed by atoms with E-state index >= 15 is 0 Å². The van der Waals surface area contributed by atoms with Crippen LogP contribution in [0, 0.1) is 5.82 Å². The van der Waals surface area contributed by atoms with Crippen LogP contribution in [0.15, 0.2) is 59.1 Å². The fourth-order valence-corrected chi connectivity index (χ4v) is 4.12. The van der Waals surface area contributed by atoms with E-state index in [0.29, 0.717) is 41.7 Å². The summed E-state index contributed by atoms with van der Waals surface area (Å²) < 4.78 is 30.8. The van der Waals surface area contributed by atoms with Gasteiger partial charge in [0.2, 0.25) is 0 Å². The SMILES string of the molecule is CCOC(=O)CCc1cccc(-c2cc(CCC(=O)OCC)cc(OCc3ccc(Br)cc3F)c2O)c1. The lowest BCUT2D eigenvalue weighted by Crippen LogP contribution is -2.06. The summed E-state index contributed by atoms with van der Waals surface area (Å²) in [6, 6.07) is 15.6. The Balaban J connectivity index is 1.90. The van der Waals surface area contributed by atoms with E-state index in [2.05, 4.69) is 15.9 Å². The molecule has 0 aliphatic rings. The van der Waals surface area contributed by atoms with E-state index in [1.54, 1.807) is 38.1 Å². The van der Waals surface area contributed by atoms with Crippen molar-refractivity contribution in [1.82, 2.24) is 0 Å². The van der Waals surface area contributed by atoms with E-state index in [0.717, 1.165) is 16.7 Å². The molecule has 0 saturated heterocycles. The van der Waals surface area contributed by atoms with Gasteiger partial charge in [-0.1, -0.05) is 46.3 Å². The van der Waals surface area contributed by atoms with Gasteiger partial charge in [0.15, 0.2) is 11.5 Å². The number of phenols is 1. The van der Waals surface area contributed by atoms with Gasteiger partial charge in [0.1, 0.15) is 12.4 Å². The van der Waals surface area contributed by atoms with Crippen LogP contribution in [0.5, 0.6) is 11.5 Å². The molecule has 0 spiro atoms. The van der Waals surface area contributed by atoms with Gasteiger partial charge < -0.3 is 19.3 Å². The van der Waals surface area contributed by atoms with Gasteiger partial charge in [-0.05, 0) is 67.6 Å². The van der Waals surface area contributed by atoms with Crippen molar-refractivity contribution in [3.8, 4) is 22.6 Å². The van der Waals surface area contributed by atoms with Gasteiger partial charge in [-0.25, -0.2) is 4.39 Å². The number of hydrogen-bond acceptors (Lipinski definition) is 6. The van der Waals surface area contributed by atoms with Gasteiger partial charge >= 0.3 is 11.9 Å². The monoisotopic (exact) mass is 572 g/mol. The Labute approximate surface area is 224 Å². The molecule has 0 aromatic heterocycles. The molecular formula is C29H30BrFO6. The molecule has 0 saturated carbocycles. The maximum absolute atomic E-state index is 14.3. The Kier molecular flexibility index (Phi) is 10.5. The number of halogens is 2. The highest BCUT2D eigenvalue weighted by Gasteiger charge is 2.16. The molecule has 196 valence electrons. The Hall–Kier alpha value is -3.39. The lowest BCUT2D eigenvalue weighted by atomic mass is 9.96. The van der Waals surface area contributed by atoms with Crippen molar-refractivity contribution in [2.24, 2.45) is 0 Å². The number of hydrogen-bond donors (Lipinski definition) is 1. The molecule has 6 nitrogen and oxygen atoms in total. The van der Waals surface area contributed by atoms with Crippen LogP contribution in [-0.4, -0.2) is 30.3 Å². The first-order valence-electron chi connectivity index (χ1n) is 12.1. The Morgan fingerprint density at radius 1 is 0.892 bits per heavy atom. The second-order valence-electron chi connectivity index (χ2n) is 8.32. The summed E-state index contributed by atoms with van der Waals surface area (Å²) in [7, 11) is 0. The Bertz CT molecular complexity index is 1240. The molecule has 0 aliphatic heterocycles. The second-order valence-corrected chi connectivity index (χ2v) is 9.24. The standard InChI is InChI=1S/C29H30BrFO6/c1-3-35-27(32)12-8-19-6-5-7-21(14-19)24-15-20(9-13-28(33)36-4-2)16-26(29(24)34)37-18-22-10-11-23(30)17-25(22)31/h5-7,10-11,14-17,34H,3-4,8-9,12-13,18H2,1-2H3. The highest BCUT2D eigenvalue weighted by molar-refractivity contribution is 9.10. The van der Waals surface area contributed by atoms with Crippen molar-refractivity contribution in [1.29, 1.82) is 0 Å². The predicted octanol–water partition coefficient (Wildman–Crippen LogP) is 6.53. The number of esters is 2. The summed E-state index contributed by atoms with van der Waals surface area (Å²) in [4.78, 5) is 23.7. The number of aromatic hydroxyl groups is 1. The van der Waals surface area contributed by atoms with Gasteiger partial charge in [-0.15, -0.1) is 0 Å². The molecule has 0 amide bonds. The van der Waals surface area contributed by atoms with Crippen molar-refractivity contribution in [3.63, 3.8) is 0 Å². The fraction of sp³-hybridized carbons (Fsp3) is 0.310. The van der Waals surface area contributed by atoms with Crippen LogP contribution in [0.3, 0.4) is 0 Å². The van der Waals surface area contributed by atoms with Gasteiger partial charge in [0.25, 0.3) is 0 Å². The molecule has 3 rings (SSSR count). The first kappa shape index (κ1) is 28.2. The average molecular weight is 573 g/mol. The highest BCUT2D eigenvalue weighted by atomic mass is 79.9. The third-order valence-corrected chi connectivity index (χ3v) is 6.11. The molecule has 37 heavy (non-hydrogen) atoms. The number of ether oxygens (including phenoxy) is 3. The smallest absolute Gasteiger partial charge is 0.306 e. The van der Waals surface area contributed by atoms with E-state index < -0.39 is 5.82 Å². The summed E-state index contributed by atoms with van der Waals surface area (Å²) >= 11 is 3.24. The van der Waals surface area contributed by atoms with Crippen LogP contribution in [0.1, 0.15) is 43.4 Å². The minimum Gasteiger partial charge on any atom is -0.504 e. The van der Waals surface area contributed by atoms with Crippen molar-refractivity contribution >= 4 is 27.9 Å². The zero-order valence-corrected chi connectivity index (χ0v) is 22.5. The summed E-state index contributed by atoms with van der Waals surface area (Å²) in [5.74, 6) is -0.942. The Morgan fingerprint density at radius 2 is 1.57 bits per heavy atom. The van der Waals surface area contributed by atoms with Gasteiger partial charge in [0, 0.05) is 28.4 Å². The molecule has 0 aliphatic carbocycles. The third kappa shape index (κ3) is 8.32. The molecule has 1 N–H and O–H groups in total. The van der Waals surface area contributed by atoms with Crippen LogP contribution in [-0.2, 0) is 38.5 Å². The summed E-state index contributed by atoms with van der Waals surface area (Å²) in [6.45, 7) is 4.05. The van der Waals surface area contributed by atoms with Crippen molar-refractivity contribution in [2.75, 3.05) is 13.2 Å². The van der Waals surface area contributed by atoms with Crippen LogP contribution in [0.2, 0.25) is 0 Å². The number of aryl methyl sites for hydroxylation is 2. The van der Waals surface area contributed by atoms with Crippen LogP contribution in [0.25, 0.3) is 11.1 Å². The molecule has 0 unspecified atom stereocenters. The van der Waals surface area contributed by atoms with E-state index in [9.17, 15) is 19.1 Å². The molecule has 3 aromatic carbocycles. The molecule has 0 heterocycles. The summed E-state index contributed by atoms with van der Waals surface area (Å²) in [5, 5.41) is 11.1. The maximum atomic E-state index is 14.3. The Morgan fingerprint density at radius 3 is 2.22 bits per heavy atom. The summed E-state index contributed by atoms with van der Waals surface area (Å²) in [6.07, 6.45) is 1.27. The van der Waals surface area contributed by atoms with Gasteiger partial charge in [-0.2, -0.15) is 0 Å². The lowest BCUT2D eigenvalue weighted by Gasteiger charge is -2.15. The minimum absolute atomic E-state index is 0.0903. The zero-order valence-electron chi connectivity index (χ0n) is 20.9. The van der Waals surface area contributed by atoms with E-state index in [-0.39, 0.29) is 42.9 Å². The van der Waals surface area contributed by atoms with E-state index in [1.807, 2.05) is 24.3 Å². The molecular weight excluding hydrogens is 543 g/mol. The quantitative estimate of drug-likeness (QED) is 0.248. The molecule has 0 atom stereocenters. The number of carbonyl (C=O) groups excluding carboxylic acids is 2. The molecule has 0 radical (unpaired) electrons. The maximum Gasteiger partial charge on any atom is 0.306 e. The van der Waals surface area contributed by atoms with Gasteiger partial charge in [0.05, 0.1) is 13.2 Å². The zero-order chi connectivity index (χ0) is 26.8. The van der Waals surface area contributed by atoms with Crippen LogP contribution in [0.4, 0.5) is 4.39 Å². The summed E-state index contributed by atoms with van der Waals surface area (Å²) in [5.41, 5.74) is 3.22. The van der Waals surface area contributed by atoms with E-state index in [1.165, 1.54) is 6.07 Å². The fourth-order valence-electron chi connectivity index (χ4n) is 3.79. The van der Waals surface area contributed by atoms with Crippen molar-refractivity contribution < 1.29 is 33.3 Å². The second kappa shape index (κ2) is 13.8. The largest absolute Gasteiger partial charge is 0.504 e. The third-order valence-electron chi connectivity index (χ3n) is 5.62. The normalized spacial score (nSPS) is 10.7. The number of carbonyl (C=O) groups is 2. The van der Waals surface area contributed by atoms with Crippen LogP contribution >= 0.6 is 15.9 Å². The number of rotatable bonds is 12. The number of phenolic OH excluding ortho intramolecular Hbond substituents is 1. The van der Waals surface area contributed by atoms with Crippen molar-refractivity contribution in [3.05, 3.63) is 81.6 Å². The van der Waals surface area contributed by atoms with Crippen LogP contribution < -0.4 is 4.74 Å². The molecule has 8 heteroatoms. The minimum atomic E-state index is -0.429. The number of benzene rings is 3. The topological polar surface area (TPSA) is 82.1 Å². The van der Waals surface area contributed by atoms with Gasteiger partial charge in [-0.3, -0.25) is 9.59 Å². The first-order valence-corrected chi connectivity index (χ1v) is 12.9. The average Bonchev–Trinajstić information content (AvgIpc) is 2.87. The van der Waals surface area contributed by atoms with E-state index in [4.69, 9.17) is 14.2 Å². The lowest BCUT2D eigenvalue weighted by molar-refractivity contribution is -0.144. The predicted molar refractivity (Wildman–Crippen MR) is 142 cm³/mol. The van der Waals surface area contributed by atoms with Crippen molar-refractivity contribution in [2.45, 2.75) is 46.1 Å².